The highest BCUT2D eigenvalue weighted by molar-refractivity contribution is 7.86. The van der Waals surface area contributed by atoms with Crippen molar-refractivity contribution in [3.05, 3.63) is 65.2 Å². The maximum Gasteiger partial charge on any atom is 0.337 e. The van der Waals surface area contributed by atoms with Crippen molar-refractivity contribution in [3.8, 4) is 0 Å². The minimum atomic E-state index is -3.74. The number of ether oxygens (including phenoxy) is 1. The Morgan fingerprint density at radius 1 is 1.07 bits per heavy atom. The van der Waals surface area contributed by atoms with Crippen LogP contribution in [0.1, 0.15) is 27.9 Å². The SMILES string of the molecule is COC(=O)c1ccc(NC(=O)CN2CCCN(Cc3cccc(C)c3)S2(=O)=O)cc1. The summed E-state index contributed by atoms with van der Waals surface area (Å²) in [5.41, 5.74) is 2.81. The van der Waals surface area contributed by atoms with Crippen LogP contribution in [0.4, 0.5) is 5.69 Å². The molecule has 160 valence electrons. The molecule has 0 spiro atoms. The van der Waals surface area contributed by atoms with Gasteiger partial charge in [-0.25, -0.2) is 4.79 Å². The van der Waals surface area contributed by atoms with Crippen molar-refractivity contribution >= 4 is 27.8 Å². The lowest BCUT2D eigenvalue weighted by Gasteiger charge is -2.34. The molecule has 2 aromatic carbocycles. The average Bonchev–Trinajstić information content (AvgIpc) is 2.71. The fourth-order valence-electron chi connectivity index (χ4n) is 3.32. The van der Waals surface area contributed by atoms with Crippen molar-refractivity contribution < 1.29 is 22.7 Å². The fourth-order valence-corrected chi connectivity index (χ4v) is 4.96. The van der Waals surface area contributed by atoms with Gasteiger partial charge in [0.05, 0.1) is 19.2 Å². The molecule has 8 nitrogen and oxygen atoms in total. The van der Waals surface area contributed by atoms with Gasteiger partial charge in [-0.15, -0.1) is 0 Å². The van der Waals surface area contributed by atoms with Crippen LogP contribution in [0.15, 0.2) is 48.5 Å². The Hall–Kier alpha value is -2.75. The highest BCUT2D eigenvalue weighted by atomic mass is 32.2. The van der Waals surface area contributed by atoms with Gasteiger partial charge in [0.15, 0.2) is 0 Å². The molecule has 1 saturated heterocycles. The summed E-state index contributed by atoms with van der Waals surface area (Å²) in [7, 11) is -2.45. The zero-order valence-corrected chi connectivity index (χ0v) is 17.8. The molecular weight excluding hydrogens is 406 g/mol. The lowest BCUT2D eigenvalue weighted by Crippen LogP contribution is -2.51. The molecule has 1 fully saturated rings. The van der Waals surface area contributed by atoms with Crippen LogP contribution in [0.5, 0.6) is 0 Å². The summed E-state index contributed by atoms with van der Waals surface area (Å²) < 4.78 is 33.2. The smallest absolute Gasteiger partial charge is 0.337 e. The summed E-state index contributed by atoms with van der Waals surface area (Å²) in [5.74, 6) is -0.914. The number of esters is 1. The van der Waals surface area contributed by atoms with Gasteiger partial charge < -0.3 is 10.1 Å². The van der Waals surface area contributed by atoms with Crippen LogP contribution in [0, 0.1) is 6.92 Å². The van der Waals surface area contributed by atoms with Crippen LogP contribution in [-0.2, 0) is 26.3 Å². The zero-order valence-electron chi connectivity index (χ0n) is 17.0. The minimum absolute atomic E-state index is 0.272. The molecule has 0 radical (unpaired) electrons. The third-order valence-corrected chi connectivity index (χ3v) is 6.75. The Balaban J connectivity index is 1.63. The summed E-state index contributed by atoms with van der Waals surface area (Å²) >= 11 is 0. The molecular formula is C21H25N3O5S. The highest BCUT2D eigenvalue weighted by Crippen LogP contribution is 2.20. The van der Waals surface area contributed by atoms with E-state index in [0.717, 1.165) is 11.1 Å². The van der Waals surface area contributed by atoms with Crippen LogP contribution >= 0.6 is 0 Å². The summed E-state index contributed by atoms with van der Waals surface area (Å²) in [6, 6.07) is 13.9. The van der Waals surface area contributed by atoms with E-state index in [1.807, 2.05) is 31.2 Å². The second-order valence-corrected chi connectivity index (χ2v) is 9.06. The Kier molecular flexibility index (Phi) is 6.86. The second kappa shape index (κ2) is 9.38. The lowest BCUT2D eigenvalue weighted by molar-refractivity contribution is -0.116. The van der Waals surface area contributed by atoms with Gasteiger partial charge in [0, 0.05) is 25.3 Å². The molecule has 1 aliphatic heterocycles. The maximum atomic E-state index is 13.0. The third-order valence-electron chi connectivity index (χ3n) is 4.82. The minimum Gasteiger partial charge on any atom is -0.465 e. The van der Waals surface area contributed by atoms with Crippen molar-refractivity contribution in [2.45, 2.75) is 19.9 Å². The quantitative estimate of drug-likeness (QED) is 0.707. The Morgan fingerprint density at radius 2 is 1.77 bits per heavy atom. The van der Waals surface area contributed by atoms with Crippen molar-refractivity contribution in [2.24, 2.45) is 0 Å². The van der Waals surface area contributed by atoms with Gasteiger partial charge in [0.25, 0.3) is 10.2 Å². The number of nitrogens with one attached hydrogen (secondary N) is 1. The van der Waals surface area contributed by atoms with Gasteiger partial charge >= 0.3 is 5.97 Å². The van der Waals surface area contributed by atoms with Crippen LogP contribution in [0.3, 0.4) is 0 Å². The molecule has 0 aromatic heterocycles. The Morgan fingerprint density at radius 3 is 2.43 bits per heavy atom. The fraction of sp³-hybridized carbons (Fsp3) is 0.333. The normalized spacial score (nSPS) is 16.7. The van der Waals surface area contributed by atoms with Gasteiger partial charge in [0.1, 0.15) is 0 Å². The first-order valence-electron chi connectivity index (χ1n) is 9.58. The number of carbonyl (C=O) groups excluding carboxylic acids is 2. The van der Waals surface area contributed by atoms with Crippen molar-refractivity contribution in [2.75, 3.05) is 32.1 Å². The summed E-state index contributed by atoms with van der Waals surface area (Å²) in [4.78, 5) is 23.9. The number of hydrogen-bond acceptors (Lipinski definition) is 5. The standard InChI is InChI=1S/C21H25N3O5S/c1-16-5-3-6-17(13-16)14-23-11-4-12-24(30(23,27)28)15-20(25)22-19-9-7-18(8-10-19)21(26)29-2/h3,5-10,13H,4,11-12,14-15H2,1-2H3,(H,22,25). The largest absolute Gasteiger partial charge is 0.465 e. The molecule has 30 heavy (non-hydrogen) atoms. The predicted octanol–water partition coefficient (Wildman–Crippen LogP) is 2.17. The number of amides is 1. The van der Waals surface area contributed by atoms with Crippen molar-refractivity contribution in [1.82, 2.24) is 8.61 Å². The van der Waals surface area contributed by atoms with Crippen LogP contribution in [-0.4, -0.2) is 55.6 Å². The number of nitrogens with zero attached hydrogens (tertiary/aromatic N) is 2. The van der Waals surface area contributed by atoms with Gasteiger partial charge in [-0.1, -0.05) is 29.8 Å². The number of carbonyl (C=O) groups is 2. The number of benzene rings is 2. The Bertz CT molecular complexity index is 1020. The van der Waals surface area contributed by atoms with E-state index in [1.54, 1.807) is 12.1 Å². The van der Waals surface area contributed by atoms with E-state index in [9.17, 15) is 18.0 Å². The van der Waals surface area contributed by atoms with Crippen LogP contribution in [0.2, 0.25) is 0 Å². The number of hydrogen-bond donors (Lipinski definition) is 1. The topological polar surface area (TPSA) is 96.0 Å². The first-order chi connectivity index (χ1) is 14.3. The van der Waals surface area contributed by atoms with Crippen molar-refractivity contribution in [1.29, 1.82) is 0 Å². The number of rotatable bonds is 6. The van der Waals surface area contributed by atoms with E-state index in [2.05, 4.69) is 10.1 Å². The highest BCUT2D eigenvalue weighted by Gasteiger charge is 2.34. The number of anilines is 1. The molecule has 2 aromatic rings. The molecule has 3 rings (SSSR count). The van der Waals surface area contributed by atoms with Crippen LogP contribution < -0.4 is 5.32 Å². The molecule has 9 heteroatoms. The summed E-state index contributed by atoms with van der Waals surface area (Å²) in [5, 5.41) is 2.67. The van der Waals surface area contributed by atoms with Gasteiger partial charge in [-0.05, 0) is 43.2 Å². The molecule has 0 saturated carbocycles. The summed E-state index contributed by atoms with van der Waals surface area (Å²) in [6.45, 7) is 2.68. The molecule has 1 aliphatic rings. The van der Waals surface area contributed by atoms with Crippen LogP contribution in [0.25, 0.3) is 0 Å². The van der Waals surface area contributed by atoms with Crippen molar-refractivity contribution in [3.63, 3.8) is 0 Å². The van der Waals surface area contributed by atoms with E-state index in [4.69, 9.17) is 0 Å². The van der Waals surface area contributed by atoms with Gasteiger partial charge in [-0.3, -0.25) is 4.79 Å². The monoisotopic (exact) mass is 431 g/mol. The molecule has 1 N–H and O–H groups in total. The molecule has 1 amide bonds. The van der Waals surface area contributed by atoms with E-state index < -0.39 is 22.1 Å². The number of aryl methyl sites for hydroxylation is 1. The molecule has 0 aliphatic carbocycles. The lowest BCUT2D eigenvalue weighted by atomic mass is 10.1. The molecule has 0 bridgehead atoms. The summed E-state index contributed by atoms with van der Waals surface area (Å²) in [6.07, 6.45) is 0.645. The first kappa shape index (κ1) is 21.9. The maximum absolute atomic E-state index is 13.0. The third kappa shape index (κ3) is 5.24. The van der Waals surface area contributed by atoms with Gasteiger partial charge in [0.2, 0.25) is 5.91 Å². The van der Waals surface area contributed by atoms with E-state index in [0.29, 0.717) is 30.8 Å². The second-order valence-electron chi connectivity index (χ2n) is 7.13. The predicted molar refractivity (Wildman–Crippen MR) is 113 cm³/mol. The molecule has 0 atom stereocenters. The first-order valence-corrected chi connectivity index (χ1v) is 11.0. The number of methoxy groups -OCH3 is 1. The molecule has 1 heterocycles. The van der Waals surface area contributed by atoms with Gasteiger partial charge in [-0.2, -0.15) is 17.0 Å². The zero-order chi connectivity index (χ0) is 21.7. The van der Waals surface area contributed by atoms with E-state index in [-0.39, 0.29) is 13.1 Å². The molecule has 0 unspecified atom stereocenters. The van der Waals surface area contributed by atoms with E-state index in [1.165, 1.54) is 27.9 Å². The van der Waals surface area contributed by atoms with E-state index >= 15 is 0 Å². The Labute approximate surface area is 176 Å². The average molecular weight is 432 g/mol.